The summed E-state index contributed by atoms with van der Waals surface area (Å²) < 4.78 is 10.8. The fourth-order valence-corrected chi connectivity index (χ4v) is 3.13. The third kappa shape index (κ3) is 2.87. The molecule has 3 rings (SSSR count). The summed E-state index contributed by atoms with van der Waals surface area (Å²) in [7, 11) is 0. The number of urea groups is 1. The Hall–Kier alpha value is -2.02. The highest BCUT2D eigenvalue weighted by Gasteiger charge is 2.41. The standard InChI is InChI=1S/C14H19N3O4/c15-14(19)17-4-3-9-8-21-12(10(9)7-17)6-16-13(18)11-2-1-5-20-11/h1-2,5,9-10,12H,3-4,6-8H2,(H2,15,19)(H,16,18)/t9-,10-,12+/m0/s1. The largest absolute Gasteiger partial charge is 0.459 e. The van der Waals surface area contributed by atoms with Crippen LogP contribution in [0.1, 0.15) is 17.0 Å². The third-order valence-electron chi connectivity index (χ3n) is 4.33. The van der Waals surface area contributed by atoms with E-state index >= 15 is 0 Å². The van der Waals surface area contributed by atoms with Crippen molar-refractivity contribution in [2.24, 2.45) is 17.6 Å². The van der Waals surface area contributed by atoms with E-state index in [-0.39, 0.29) is 23.7 Å². The second kappa shape index (κ2) is 5.77. The number of hydrogen-bond acceptors (Lipinski definition) is 4. The monoisotopic (exact) mass is 293 g/mol. The van der Waals surface area contributed by atoms with E-state index in [2.05, 4.69) is 5.32 Å². The average Bonchev–Trinajstić information content (AvgIpc) is 3.14. The van der Waals surface area contributed by atoms with Crippen molar-refractivity contribution in [1.29, 1.82) is 0 Å². The minimum atomic E-state index is -0.390. The van der Waals surface area contributed by atoms with Gasteiger partial charge in [-0.3, -0.25) is 4.79 Å². The molecular weight excluding hydrogens is 274 g/mol. The lowest BCUT2D eigenvalue weighted by atomic mass is 9.84. The Morgan fingerprint density at radius 3 is 3.05 bits per heavy atom. The molecule has 1 aromatic heterocycles. The Morgan fingerprint density at radius 1 is 1.48 bits per heavy atom. The smallest absolute Gasteiger partial charge is 0.314 e. The fraction of sp³-hybridized carbons (Fsp3) is 0.571. The predicted molar refractivity (Wildman–Crippen MR) is 73.5 cm³/mol. The molecule has 0 radical (unpaired) electrons. The van der Waals surface area contributed by atoms with Crippen molar-refractivity contribution < 1.29 is 18.7 Å². The third-order valence-corrected chi connectivity index (χ3v) is 4.33. The van der Waals surface area contributed by atoms with E-state index in [1.807, 2.05) is 0 Å². The molecular formula is C14H19N3O4. The molecule has 7 nitrogen and oxygen atoms in total. The first-order valence-electron chi connectivity index (χ1n) is 7.13. The summed E-state index contributed by atoms with van der Waals surface area (Å²) in [5.41, 5.74) is 5.35. The maximum Gasteiger partial charge on any atom is 0.314 e. The van der Waals surface area contributed by atoms with Crippen molar-refractivity contribution in [3.63, 3.8) is 0 Å². The van der Waals surface area contributed by atoms with Gasteiger partial charge in [-0.25, -0.2) is 4.79 Å². The SMILES string of the molecule is NC(=O)N1CC[C@H]2CO[C@H](CNC(=O)c3ccco3)[C@H]2C1. The van der Waals surface area contributed by atoms with Crippen LogP contribution in [-0.2, 0) is 4.74 Å². The van der Waals surface area contributed by atoms with Gasteiger partial charge in [0.05, 0.1) is 19.0 Å². The number of primary amides is 1. The number of hydrogen-bond donors (Lipinski definition) is 2. The first-order valence-corrected chi connectivity index (χ1v) is 7.13. The first kappa shape index (κ1) is 13.9. The molecule has 114 valence electrons. The number of ether oxygens (including phenoxy) is 1. The summed E-state index contributed by atoms with van der Waals surface area (Å²) in [6.45, 7) is 2.37. The van der Waals surface area contributed by atoms with Gasteiger partial charge in [-0.05, 0) is 24.5 Å². The minimum Gasteiger partial charge on any atom is -0.459 e. The van der Waals surface area contributed by atoms with Gasteiger partial charge in [-0.15, -0.1) is 0 Å². The van der Waals surface area contributed by atoms with Crippen LogP contribution < -0.4 is 11.1 Å². The Kier molecular flexibility index (Phi) is 3.83. The minimum absolute atomic E-state index is 0.0870. The number of piperidine rings is 1. The Morgan fingerprint density at radius 2 is 2.33 bits per heavy atom. The molecule has 2 aliphatic heterocycles. The van der Waals surface area contributed by atoms with Gasteiger partial charge >= 0.3 is 6.03 Å². The van der Waals surface area contributed by atoms with Crippen LogP contribution in [0.25, 0.3) is 0 Å². The van der Waals surface area contributed by atoms with Crippen LogP contribution in [0.15, 0.2) is 22.8 Å². The normalized spacial score (nSPS) is 28.2. The highest BCUT2D eigenvalue weighted by Crippen LogP contribution is 2.33. The quantitative estimate of drug-likeness (QED) is 0.844. The summed E-state index contributed by atoms with van der Waals surface area (Å²) in [6, 6.07) is 2.89. The van der Waals surface area contributed by atoms with Gasteiger partial charge < -0.3 is 25.1 Å². The number of amides is 3. The number of fused-ring (bicyclic) bond motifs is 1. The van der Waals surface area contributed by atoms with Crippen molar-refractivity contribution in [2.75, 3.05) is 26.2 Å². The molecule has 0 saturated carbocycles. The van der Waals surface area contributed by atoms with Crippen molar-refractivity contribution in [3.8, 4) is 0 Å². The van der Waals surface area contributed by atoms with E-state index < -0.39 is 6.03 Å². The molecule has 21 heavy (non-hydrogen) atoms. The molecule has 3 atom stereocenters. The molecule has 1 aromatic rings. The van der Waals surface area contributed by atoms with E-state index in [1.54, 1.807) is 17.0 Å². The highest BCUT2D eigenvalue weighted by atomic mass is 16.5. The van der Waals surface area contributed by atoms with E-state index in [0.29, 0.717) is 32.2 Å². The number of nitrogens with zero attached hydrogens (tertiary/aromatic N) is 1. The Bertz CT molecular complexity index is 516. The van der Waals surface area contributed by atoms with Gasteiger partial charge in [-0.1, -0.05) is 0 Å². The lowest BCUT2D eigenvalue weighted by Crippen LogP contribution is -2.49. The zero-order chi connectivity index (χ0) is 14.8. The van der Waals surface area contributed by atoms with Gasteiger partial charge in [0, 0.05) is 25.6 Å². The van der Waals surface area contributed by atoms with E-state index in [0.717, 1.165) is 6.42 Å². The number of nitrogens with two attached hydrogens (primary N) is 1. The van der Waals surface area contributed by atoms with Gasteiger partial charge in [0.1, 0.15) is 0 Å². The highest BCUT2D eigenvalue weighted by molar-refractivity contribution is 5.91. The van der Waals surface area contributed by atoms with Crippen molar-refractivity contribution >= 4 is 11.9 Å². The van der Waals surface area contributed by atoms with Crippen LogP contribution in [0.5, 0.6) is 0 Å². The molecule has 3 heterocycles. The second-order valence-corrected chi connectivity index (χ2v) is 5.56. The van der Waals surface area contributed by atoms with Crippen molar-refractivity contribution in [2.45, 2.75) is 12.5 Å². The van der Waals surface area contributed by atoms with Crippen molar-refractivity contribution in [3.05, 3.63) is 24.2 Å². The molecule has 0 bridgehead atoms. The molecule has 7 heteroatoms. The van der Waals surface area contributed by atoms with Crippen LogP contribution in [0.3, 0.4) is 0 Å². The summed E-state index contributed by atoms with van der Waals surface area (Å²) in [5, 5.41) is 2.81. The molecule has 3 N–H and O–H groups in total. The molecule has 3 amide bonds. The second-order valence-electron chi connectivity index (χ2n) is 5.56. The van der Waals surface area contributed by atoms with Gasteiger partial charge in [-0.2, -0.15) is 0 Å². The lowest BCUT2D eigenvalue weighted by molar-refractivity contribution is 0.0713. The maximum atomic E-state index is 11.9. The number of furan rings is 1. The van der Waals surface area contributed by atoms with E-state index in [1.165, 1.54) is 6.26 Å². The number of nitrogens with one attached hydrogen (secondary N) is 1. The molecule has 0 aromatic carbocycles. The van der Waals surface area contributed by atoms with Crippen LogP contribution in [-0.4, -0.2) is 49.2 Å². The number of carbonyl (C=O) groups is 2. The van der Waals surface area contributed by atoms with Crippen LogP contribution >= 0.6 is 0 Å². The van der Waals surface area contributed by atoms with Crippen LogP contribution in [0.4, 0.5) is 4.79 Å². The van der Waals surface area contributed by atoms with E-state index in [9.17, 15) is 9.59 Å². The van der Waals surface area contributed by atoms with Crippen LogP contribution in [0.2, 0.25) is 0 Å². The Labute approximate surface area is 122 Å². The predicted octanol–water partition coefficient (Wildman–Crippen LogP) is 0.425. The Balaban J connectivity index is 1.56. The molecule has 0 unspecified atom stereocenters. The van der Waals surface area contributed by atoms with Gasteiger partial charge in [0.15, 0.2) is 5.76 Å². The lowest BCUT2D eigenvalue weighted by Gasteiger charge is -2.35. The number of carbonyl (C=O) groups excluding carboxylic acids is 2. The number of rotatable bonds is 3. The summed E-state index contributed by atoms with van der Waals surface area (Å²) >= 11 is 0. The molecule has 2 fully saturated rings. The molecule has 2 aliphatic rings. The van der Waals surface area contributed by atoms with E-state index in [4.69, 9.17) is 14.9 Å². The summed E-state index contributed by atoms with van der Waals surface area (Å²) in [5.74, 6) is 0.691. The van der Waals surface area contributed by atoms with Gasteiger partial charge in [0.2, 0.25) is 0 Å². The molecule has 0 spiro atoms. The van der Waals surface area contributed by atoms with Crippen molar-refractivity contribution in [1.82, 2.24) is 10.2 Å². The average molecular weight is 293 g/mol. The molecule has 2 saturated heterocycles. The number of likely N-dealkylation sites (tertiary alicyclic amines) is 1. The van der Waals surface area contributed by atoms with Gasteiger partial charge in [0.25, 0.3) is 5.91 Å². The molecule has 0 aliphatic carbocycles. The zero-order valence-corrected chi connectivity index (χ0v) is 11.7. The zero-order valence-electron chi connectivity index (χ0n) is 11.7. The summed E-state index contributed by atoms with van der Waals surface area (Å²) in [6.07, 6.45) is 2.27. The topological polar surface area (TPSA) is 97.8 Å². The maximum absolute atomic E-state index is 11.9. The summed E-state index contributed by atoms with van der Waals surface area (Å²) in [4.78, 5) is 24.8. The fourth-order valence-electron chi connectivity index (χ4n) is 3.13. The van der Waals surface area contributed by atoms with Crippen LogP contribution in [0, 0.1) is 11.8 Å². The first-order chi connectivity index (χ1) is 10.1.